The van der Waals surface area contributed by atoms with Gasteiger partial charge in [-0.3, -0.25) is 19.1 Å². The molecule has 0 radical (unpaired) electrons. The Kier molecular flexibility index (Phi) is 4.34. The molecule has 3 aromatic rings. The molecule has 0 atom stereocenters. The highest BCUT2D eigenvalue weighted by Crippen LogP contribution is 2.34. The number of methoxy groups -OCH3 is 2. The Balaban J connectivity index is 1.71. The Labute approximate surface area is 158 Å². The van der Waals surface area contributed by atoms with Crippen molar-refractivity contribution < 1.29 is 14.3 Å². The average molecular weight is 382 g/mol. The first-order valence-corrected chi connectivity index (χ1v) is 8.69. The van der Waals surface area contributed by atoms with Crippen LogP contribution in [0.4, 0.5) is 5.69 Å². The van der Waals surface area contributed by atoms with E-state index in [1.165, 1.54) is 31.0 Å². The monoisotopic (exact) mass is 382 g/mol. The molecule has 0 saturated heterocycles. The van der Waals surface area contributed by atoms with Crippen LogP contribution in [0, 0.1) is 0 Å². The first-order valence-electron chi connectivity index (χ1n) is 8.69. The number of aromatic nitrogens is 3. The maximum Gasteiger partial charge on any atom is 0.330 e. The normalized spacial score (nSPS) is 13.4. The lowest BCUT2D eigenvalue weighted by molar-refractivity contribution is 0.102. The lowest BCUT2D eigenvalue weighted by Gasteiger charge is -2.12. The quantitative estimate of drug-likeness (QED) is 0.694. The molecule has 144 valence electrons. The summed E-state index contributed by atoms with van der Waals surface area (Å²) in [6, 6.07) is 6.47. The van der Waals surface area contributed by atoms with Gasteiger partial charge in [0, 0.05) is 18.3 Å². The SMILES string of the molecule is COc1ccc(NC(=O)c2cnc3c(c2)c(=O)[nH]c(=O)n3C2CC2)c(OC)c1. The van der Waals surface area contributed by atoms with Gasteiger partial charge in [-0.15, -0.1) is 0 Å². The number of rotatable bonds is 5. The molecule has 4 rings (SSSR count). The second kappa shape index (κ2) is 6.84. The Morgan fingerprint density at radius 2 is 2.00 bits per heavy atom. The number of fused-ring (bicyclic) bond motifs is 1. The lowest BCUT2D eigenvalue weighted by Crippen LogP contribution is -2.30. The Morgan fingerprint density at radius 3 is 2.68 bits per heavy atom. The van der Waals surface area contributed by atoms with E-state index in [-0.39, 0.29) is 22.6 Å². The summed E-state index contributed by atoms with van der Waals surface area (Å²) >= 11 is 0. The maximum atomic E-state index is 12.7. The van der Waals surface area contributed by atoms with Crippen LogP contribution in [0.2, 0.25) is 0 Å². The van der Waals surface area contributed by atoms with Gasteiger partial charge in [-0.05, 0) is 31.0 Å². The molecule has 2 N–H and O–H groups in total. The van der Waals surface area contributed by atoms with E-state index in [0.29, 0.717) is 17.2 Å². The van der Waals surface area contributed by atoms with Crippen molar-refractivity contribution in [1.82, 2.24) is 14.5 Å². The third kappa shape index (κ3) is 3.11. The molecule has 0 aliphatic heterocycles. The van der Waals surface area contributed by atoms with E-state index in [4.69, 9.17) is 9.47 Å². The molecule has 2 aromatic heterocycles. The number of aromatic amines is 1. The van der Waals surface area contributed by atoms with E-state index in [1.807, 2.05) is 0 Å². The summed E-state index contributed by atoms with van der Waals surface area (Å²) in [5.74, 6) is 0.565. The Hall–Kier alpha value is -3.62. The molecule has 2 heterocycles. The van der Waals surface area contributed by atoms with Crippen LogP contribution in [0.1, 0.15) is 29.2 Å². The van der Waals surface area contributed by atoms with E-state index < -0.39 is 17.2 Å². The van der Waals surface area contributed by atoms with E-state index in [9.17, 15) is 14.4 Å². The van der Waals surface area contributed by atoms with Gasteiger partial charge in [0.05, 0.1) is 30.9 Å². The van der Waals surface area contributed by atoms with Crippen molar-refractivity contribution >= 4 is 22.6 Å². The van der Waals surface area contributed by atoms with Crippen molar-refractivity contribution in [2.45, 2.75) is 18.9 Å². The number of H-pyrrole nitrogens is 1. The molecule has 28 heavy (non-hydrogen) atoms. The zero-order chi connectivity index (χ0) is 19.8. The van der Waals surface area contributed by atoms with Crippen molar-refractivity contribution in [1.29, 1.82) is 0 Å². The number of carbonyl (C=O) groups is 1. The zero-order valence-electron chi connectivity index (χ0n) is 15.3. The van der Waals surface area contributed by atoms with Gasteiger partial charge < -0.3 is 14.8 Å². The van der Waals surface area contributed by atoms with Gasteiger partial charge in [0.2, 0.25) is 0 Å². The topological polar surface area (TPSA) is 115 Å². The molecule has 1 aliphatic rings. The highest BCUT2D eigenvalue weighted by atomic mass is 16.5. The third-order valence-corrected chi connectivity index (χ3v) is 4.61. The number of ether oxygens (including phenoxy) is 2. The second-order valence-electron chi connectivity index (χ2n) is 6.48. The molecule has 1 saturated carbocycles. The highest BCUT2D eigenvalue weighted by Gasteiger charge is 2.27. The van der Waals surface area contributed by atoms with E-state index in [0.717, 1.165) is 12.8 Å². The Bertz CT molecular complexity index is 1190. The lowest BCUT2D eigenvalue weighted by atomic mass is 10.2. The predicted molar refractivity (Wildman–Crippen MR) is 102 cm³/mol. The van der Waals surface area contributed by atoms with E-state index in [1.54, 1.807) is 18.2 Å². The molecule has 0 unspecified atom stereocenters. The van der Waals surface area contributed by atoms with Crippen molar-refractivity contribution in [2.75, 3.05) is 19.5 Å². The van der Waals surface area contributed by atoms with Gasteiger partial charge >= 0.3 is 5.69 Å². The number of hydrogen-bond donors (Lipinski definition) is 2. The minimum absolute atomic E-state index is 0.0441. The molecular formula is C19H18N4O5. The van der Waals surface area contributed by atoms with Crippen LogP contribution in [0.3, 0.4) is 0 Å². The second-order valence-corrected chi connectivity index (χ2v) is 6.48. The largest absolute Gasteiger partial charge is 0.497 e. The zero-order valence-corrected chi connectivity index (χ0v) is 15.3. The molecule has 9 heteroatoms. The van der Waals surface area contributed by atoms with Gasteiger partial charge in [-0.25, -0.2) is 9.78 Å². The summed E-state index contributed by atoms with van der Waals surface area (Å²) in [5.41, 5.74) is -0.120. The first-order chi connectivity index (χ1) is 13.5. The molecule has 1 aromatic carbocycles. The molecule has 0 bridgehead atoms. The number of amides is 1. The summed E-state index contributed by atoms with van der Waals surface area (Å²) in [7, 11) is 3.02. The van der Waals surface area contributed by atoms with Crippen LogP contribution in [0.15, 0.2) is 40.1 Å². The molecule has 9 nitrogen and oxygen atoms in total. The number of hydrogen-bond acceptors (Lipinski definition) is 6. The summed E-state index contributed by atoms with van der Waals surface area (Å²) in [6.07, 6.45) is 3.08. The summed E-state index contributed by atoms with van der Waals surface area (Å²) in [6.45, 7) is 0. The van der Waals surface area contributed by atoms with Gasteiger partial charge in [0.15, 0.2) is 0 Å². The van der Waals surface area contributed by atoms with Gasteiger partial charge in [-0.2, -0.15) is 0 Å². The highest BCUT2D eigenvalue weighted by molar-refractivity contribution is 6.06. The summed E-state index contributed by atoms with van der Waals surface area (Å²) < 4.78 is 11.9. The smallest absolute Gasteiger partial charge is 0.330 e. The van der Waals surface area contributed by atoms with Gasteiger partial charge in [0.25, 0.3) is 11.5 Å². The van der Waals surface area contributed by atoms with E-state index in [2.05, 4.69) is 15.3 Å². The predicted octanol–water partition coefficient (Wildman–Crippen LogP) is 1.69. The molecule has 1 fully saturated rings. The van der Waals surface area contributed by atoms with Crippen LogP contribution in [0.5, 0.6) is 11.5 Å². The van der Waals surface area contributed by atoms with Crippen molar-refractivity contribution in [3.05, 3.63) is 56.9 Å². The maximum absolute atomic E-state index is 12.7. The van der Waals surface area contributed by atoms with Gasteiger partial charge in [-0.1, -0.05) is 0 Å². The number of nitrogens with one attached hydrogen (secondary N) is 2. The molecule has 1 amide bonds. The number of benzene rings is 1. The van der Waals surface area contributed by atoms with Crippen molar-refractivity contribution in [3.63, 3.8) is 0 Å². The molecule has 0 spiro atoms. The molecule has 1 aliphatic carbocycles. The van der Waals surface area contributed by atoms with Crippen LogP contribution < -0.4 is 26.0 Å². The van der Waals surface area contributed by atoms with E-state index >= 15 is 0 Å². The average Bonchev–Trinajstić information content (AvgIpc) is 3.53. The molecular weight excluding hydrogens is 364 g/mol. The number of pyridine rings is 1. The number of carbonyl (C=O) groups excluding carboxylic acids is 1. The summed E-state index contributed by atoms with van der Waals surface area (Å²) in [5, 5.41) is 2.93. The van der Waals surface area contributed by atoms with Crippen LogP contribution in [0.25, 0.3) is 11.0 Å². The van der Waals surface area contributed by atoms with Gasteiger partial charge in [0.1, 0.15) is 17.1 Å². The Morgan fingerprint density at radius 1 is 1.21 bits per heavy atom. The minimum atomic E-state index is -0.568. The fourth-order valence-electron chi connectivity index (χ4n) is 3.03. The van der Waals surface area contributed by atoms with Crippen molar-refractivity contribution in [3.8, 4) is 11.5 Å². The number of anilines is 1. The minimum Gasteiger partial charge on any atom is -0.497 e. The number of nitrogens with zero attached hydrogens (tertiary/aromatic N) is 2. The summed E-state index contributed by atoms with van der Waals surface area (Å²) in [4.78, 5) is 43.5. The van der Waals surface area contributed by atoms with Crippen LogP contribution >= 0.6 is 0 Å². The standard InChI is InChI=1S/C19H18N4O5/c1-27-12-5-6-14(15(8-12)28-2)21-17(24)10-7-13-16(20-9-10)23(11-3-4-11)19(26)22-18(13)25/h5-9,11H,3-4H2,1-2H3,(H,21,24)(H,22,25,26). The van der Waals surface area contributed by atoms with Crippen LogP contribution in [-0.4, -0.2) is 34.7 Å². The fraction of sp³-hybridized carbons (Fsp3) is 0.263. The fourth-order valence-corrected chi connectivity index (χ4v) is 3.03. The van der Waals surface area contributed by atoms with Crippen molar-refractivity contribution in [2.24, 2.45) is 0 Å². The third-order valence-electron chi connectivity index (χ3n) is 4.61. The first kappa shape index (κ1) is 17.8. The van der Waals surface area contributed by atoms with Crippen LogP contribution in [-0.2, 0) is 0 Å².